The fraction of sp³-hybridized carbons (Fsp3) is 0.308. The number of amides is 2. The van der Waals surface area contributed by atoms with Crippen molar-refractivity contribution in [1.29, 1.82) is 0 Å². The number of carboxylic acids is 1. The number of nitrogens with one attached hydrogen (secondary N) is 1. The molecule has 4 N–H and O–H groups in total. The number of hydrogen-bond acceptors (Lipinski definition) is 3. The van der Waals surface area contributed by atoms with Crippen LogP contribution in [0.2, 0.25) is 0 Å². The summed E-state index contributed by atoms with van der Waals surface area (Å²) < 4.78 is 37.1. The number of hydrogen-bond donors (Lipinski definition) is 3. The number of benzene rings is 1. The Balaban J connectivity index is 2.68. The van der Waals surface area contributed by atoms with Crippen LogP contribution in [0.5, 0.6) is 0 Å². The first kappa shape index (κ1) is 17.5. The van der Waals surface area contributed by atoms with Gasteiger partial charge < -0.3 is 16.2 Å². The fourth-order valence-corrected chi connectivity index (χ4v) is 1.64. The summed E-state index contributed by atoms with van der Waals surface area (Å²) in [6.45, 7) is 0. The van der Waals surface area contributed by atoms with Crippen LogP contribution >= 0.6 is 0 Å². The number of carbonyl (C=O) groups is 3. The molecule has 0 unspecified atom stereocenters. The molecule has 9 heteroatoms. The zero-order valence-electron chi connectivity index (χ0n) is 11.2. The molecule has 22 heavy (non-hydrogen) atoms. The Labute approximate surface area is 123 Å². The predicted octanol–water partition coefficient (Wildman–Crippen LogP) is 0.693. The first-order valence-corrected chi connectivity index (χ1v) is 6.06. The number of carbonyl (C=O) groups excluding carboxylic acids is 2. The molecule has 0 aliphatic heterocycles. The fourth-order valence-electron chi connectivity index (χ4n) is 1.64. The summed E-state index contributed by atoms with van der Waals surface area (Å²) in [7, 11) is 0. The zero-order chi connectivity index (χ0) is 16.9. The molecular formula is C13H13F3N2O4. The number of rotatable bonds is 6. The van der Waals surface area contributed by atoms with Crippen molar-refractivity contribution >= 4 is 17.8 Å². The number of nitrogens with two attached hydrogens (primary N) is 1. The number of halogens is 3. The molecule has 0 saturated carbocycles. The third kappa shape index (κ3) is 5.43. The Bertz CT molecular complexity index is 570. The minimum atomic E-state index is -4.47. The van der Waals surface area contributed by atoms with Gasteiger partial charge in [0, 0.05) is 0 Å². The van der Waals surface area contributed by atoms with Gasteiger partial charge in [-0.2, -0.15) is 13.2 Å². The van der Waals surface area contributed by atoms with Gasteiger partial charge in [0.25, 0.3) is 0 Å². The number of carboxylic acid groups (broad SMARTS) is 1. The van der Waals surface area contributed by atoms with Gasteiger partial charge >= 0.3 is 12.1 Å². The molecule has 0 aliphatic rings. The maximum atomic E-state index is 12.4. The molecule has 120 valence electrons. The van der Waals surface area contributed by atoms with Crippen molar-refractivity contribution in [2.45, 2.75) is 25.1 Å². The van der Waals surface area contributed by atoms with Gasteiger partial charge in [-0.15, -0.1) is 0 Å². The van der Waals surface area contributed by atoms with Gasteiger partial charge in [0.1, 0.15) is 6.04 Å². The molecule has 6 nitrogen and oxygen atoms in total. The molecule has 1 atom stereocenters. The van der Waals surface area contributed by atoms with Crippen molar-refractivity contribution in [2.75, 3.05) is 0 Å². The van der Waals surface area contributed by atoms with Crippen LogP contribution in [-0.4, -0.2) is 28.9 Å². The van der Waals surface area contributed by atoms with Gasteiger partial charge in [0.15, 0.2) is 0 Å². The van der Waals surface area contributed by atoms with Crippen LogP contribution in [0.1, 0.15) is 17.5 Å². The summed E-state index contributed by atoms with van der Waals surface area (Å²) in [6.07, 6.45) is -5.45. The van der Waals surface area contributed by atoms with E-state index < -0.39 is 42.0 Å². The molecule has 1 aromatic carbocycles. The molecule has 0 heterocycles. The first-order chi connectivity index (χ1) is 10.1. The van der Waals surface area contributed by atoms with Crippen LogP contribution in [0.15, 0.2) is 24.3 Å². The van der Waals surface area contributed by atoms with Crippen LogP contribution in [0.3, 0.4) is 0 Å². The van der Waals surface area contributed by atoms with E-state index in [-0.39, 0.29) is 12.0 Å². The van der Waals surface area contributed by atoms with Gasteiger partial charge in [-0.1, -0.05) is 12.1 Å². The molecule has 2 amide bonds. The maximum Gasteiger partial charge on any atom is 0.416 e. The normalized spacial score (nSPS) is 12.5. The van der Waals surface area contributed by atoms with E-state index in [1.54, 1.807) is 0 Å². The van der Waals surface area contributed by atoms with Gasteiger partial charge in [0.05, 0.1) is 18.4 Å². The molecule has 0 aromatic heterocycles. The third-order valence-electron chi connectivity index (χ3n) is 2.70. The standard InChI is InChI=1S/C13H13F3N2O4/c14-13(15,16)8-3-1-7(2-4-8)5-10(19)18-9(12(17)22)6-11(20)21/h1-4,9H,5-6H2,(H2,17,22)(H,18,19)(H,20,21)/t9-/m1/s1. The zero-order valence-corrected chi connectivity index (χ0v) is 11.2. The summed E-state index contributed by atoms with van der Waals surface area (Å²) in [5.41, 5.74) is 4.38. The molecule has 0 fully saturated rings. The summed E-state index contributed by atoms with van der Waals surface area (Å²) >= 11 is 0. The van der Waals surface area contributed by atoms with Gasteiger partial charge in [-0.05, 0) is 17.7 Å². The van der Waals surface area contributed by atoms with Crippen LogP contribution < -0.4 is 11.1 Å². The summed E-state index contributed by atoms with van der Waals surface area (Å²) in [4.78, 5) is 33.2. The van der Waals surface area contributed by atoms with E-state index in [0.29, 0.717) is 0 Å². The van der Waals surface area contributed by atoms with E-state index in [9.17, 15) is 27.6 Å². The Hall–Kier alpha value is -2.58. The predicted molar refractivity (Wildman–Crippen MR) is 68.5 cm³/mol. The van der Waals surface area contributed by atoms with Gasteiger partial charge in [0.2, 0.25) is 11.8 Å². The van der Waals surface area contributed by atoms with E-state index >= 15 is 0 Å². The van der Waals surface area contributed by atoms with Crippen molar-refractivity contribution < 1.29 is 32.7 Å². The average molecular weight is 318 g/mol. The smallest absolute Gasteiger partial charge is 0.416 e. The van der Waals surface area contributed by atoms with E-state index in [0.717, 1.165) is 24.3 Å². The topological polar surface area (TPSA) is 109 Å². The van der Waals surface area contributed by atoms with Crippen molar-refractivity contribution in [3.05, 3.63) is 35.4 Å². The largest absolute Gasteiger partial charge is 0.481 e. The highest BCUT2D eigenvalue weighted by Crippen LogP contribution is 2.29. The number of alkyl halides is 3. The van der Waals surface area contributed by atoms with Crippen molar-refractivity contribution in [1.82, 2.24) is 5.32 Å². The maximum absolute atomic E-state index is 12.4. The molecule has 0 radical (unpaired) electrons. The summed E-state index contributed by atoms with van der Waals surface area (Å²) in [6, 6.07) is 2.52. The van der Waals surface area contributed by atoms with Crippen LogP contribution in [0.4, 0.5) is 13.2 Å². The summed E-state index contributed by atoms with van der Waals surface area (Å²) in [5, 5.41) is 10.7. The van der Waals surface area contributed by atoms with E-state index in [4.69, 9.17) is 10.8 Å². The highest BCUT2D eigenvalue weighted by molar-refractivity contribution is 5.90. The SMILES string of the molecule is NC(=O)[C@@H](CC(=O)O)NC(=O)Cc1ccc(C(F)(F)F)cc1. The lowest BCUT2D eigenvalue weighted by Crippen LogP contribution is -2.46. The second kappa shape index (κ2) is 6.92. The Morgan fingerprint density at radius 3 is 2.14 bits per heavy atom. The second-order valence-electron chi connectivity index (χ2n) is 4.49. The van der Waals surface area contributed by atoms with Crippen LogP contribution in [-0.2, 0) is 27.0 Å². The number of aliphatic carboxylic acids is 1. The van der Waals surface area contributed by atoms with E-state index in [1.165, 1.54) is 0 Å². The lowest BCUT2D eigenvalue weighted by atomic mass is 10.1. The summed E-state index contributed by atoms with van der Waals surface area (Å²) in [5.74, 6) is -3.05. The minimum absolute atomic E-state index is 0.282. The molecule has 1 rings (SSSR count). The Morgan fingerprint density at radius 1 is 1.18 bits per heavy atom. The molecule has 0 spiro atoms. The van der Waals surface area contributed by atoms with Crippen molar-refractivity contribution in [3.8, 4) is 0 Å². The van der Waals surface area contributed by atoms with Gasteiger partial charge in [-0.3, -0.25) is 14.4 Å². The highest BCUT2D eigenvalue weighted by Gasteiger charge is 2.30. The average Bonchev–Trinajstić information content (AvgIpc) is 2.36. The second-order valence-corrected chi connectivity index (χ2v) is 4.49. The Kier molecular flexibility index (Phi) is 5.50. The highest BCUT2D eigenvalue weighted by atomic mass is 19.4. The third-order valence-corrected chi connectivity index (χ3v) is 2.70. The van der Waals surface area contributed by atoms with Crippen molar-refractivity contribution in [2.24, 2.45) is 5.73 Å². The first-order valence-electron chi connectivity index (χ1n) is 6.06. The van der Waals surface area contributed by atoms with E-state index in [1.807, 2.05) is 0 Å². The monoisotopic (exact) mass is 318 g/mol. The Morgan fingerprint density at radius 2 is 1.73 bits per heavy atom. The molecule has 0 saturated heterocycles. The van der Waals surface area contributed by atoms with Crippen LogP contribution in [0.25, 0.3) is 0 Å². The quantitative estimate of drug-likeness (QED) is 0.717. The van der Waals surface area contributed by atoms with Crippen LogP contribution in [0, 0.1) is 0 Å². The molecule has 0 aliphatic carbocycles. The van der Waals surface area contributed by atoms with Gasteiger partial charge in [-0.25, -0.2) is 0 Å². The molecular weight excluding hydrogens is 305 g/mol. The minimum Gasteiger partial charge on any atom is -0.481 e. The number of primary amides is 1. The lowest BCUT2D eigenvalue weighted by Gasteiger charge is -2.13. The molecule has 0 bridgehead atoms. The van der Waals surface area contributed by atoms with E-state index in [2.05, 4.69) is 5.32 Å². The molecule has 1 aromatic rings. The van der Waals surface area contributed by atoms with Crippen molar-refractivity contribution in [3.63, 3.8) is 0 Å². The lowest BCUT2D eigenvalue weighted by molar-refractivity contribution is -0.140.